The number of hydrogen-bond acceptors (Lipinski definition) is 0. The summed E-state index contributed by atoms with van der Waals surface area (Å²) < 4.78 is 37.1. The molecule has 78 valence electrons. The highest BCUT2D eigenvalue weighted by molar-refractivity contribution is 6.30. The summed E-state index contributed by atoms with van der Waals surface area (Å²) in [5.74, 6) is 0.0369. The molecule has 4 heteroatoms. The minimum Gasteiger partial charge on any atom is -0.166 e. The summed E-state index contributed by atoms with van der Waals surface area (Å²) >= 11 is 5.60. The Morgan fingerprint density at radius 2 is 1.71 bits per heavy atom. The predicted molar refractivity (Wildman–Crippen MR) is 50.5 cm³/mol. The Balaban J connectivity index is 3.21. The van der Waals surface area contributed by atoms with Crippen molar-refractivity contribution in [3.8, 4) is 0 Å². The molecule has 0 unspecified atom stereocenters. The average Bonchev–Trinajstić information content (AvgIpc) is 2.01. The molecular formula is C10H10ClF3. The zero-order valence-electron chi connectivity index (χ0n) is 7.82. The highest BCUT2D eigenvalue weighted by Crippen LogP contribution is 2.33. The molecule has 0 aliphatic carbocycles. The van der Waals surface area contributed by atoms with Gasteiger partial charge in [0.05, 0.1) is 5.56 Å². The first-order chi connectivity index (χ1) is 6.30. The van der Waals surface area contributed by atoms with Crippen LogP contribution < -0.4 is 0 Å². The van der Waals surface area contributed by atoms with Crippen LogP contribution in [-0.4, -0.2) is 0 Å². The van der Waals surface area contributed by atoms with Crippen molar-refractivity contribution in [1.82, 2.24) is 0 Å². The first-order valence-corrected chi connectivity index (χ1v) is 4.56. The van der Waals surface area contributed by atoms with Gasteiger partial charge in [-0.15, -0.1) is 0 Å². The number of benzene rings is 1. The minimum absolute atomic E-state index is 0.0369. The Labute approximate surface area is 85.7 Å². The van der Waals surface area contributed by atoms with Crippen molar-refractivity contribution in [3.63, 3.8) is 0 Å². The molecule has 0 heterocycles. The quantitative estimate of drug-likeness (QED) is 0.657. The molecule has 0 N–H and O–H groups in total. The Morgan fingerprint density at radius 1 is 1.14 bits per heavy atom. The van der Waals surface area contributed by atoms with Crippen LogP contribution >= 0.6 is 11.6 Å². The Kier molecular flexibility index (Phi) is 3.10. The molecule has 1 rings (SSSR count). The molecule has 0 amide bonds. The van der Waals surface area contributed by atoms with Crippen molar-refractivity contribution in [2.24, 2.45) is 0 Å². The third kappa shape index (κ3) is 2.64. The molecule has 1 aromatic rings. The molecule has 14 heavy (non-hydrogen) atoms. The summed E-state index contributed by atoms with van der Waals surface area (Å²) in [4.78, 5) is 0. The maximum absolute atomic E-state index is 12.4. The van der Waals surface area contributed by atoms with Gasteiger partial charge in [-0.1, -0.05) is 25.4 Å². The second-order valence-electron chi connectivity index (χ2n) is 3.43. The number of alkyl halides is 3. The lowest BCUT2D eigenvalue weighted by molar-refractivity contribution is -0.137. The SMILES string of the molecule is CC(C)c1cc(Cl)cc(C(F)(F)F)c1. The van der Waals surface area contributed by atoms with Crippen LogP contribution in [0.25, 0.3) is 0 Å². The van der Waals surface area contributed by atoms with Crippen LogP contribution in [0.4, 0.5) is 13.2 Å². The summed E-state index contributed by atoms with van der Waals surface area (Å²) in [5, 5.41) is 0.128. The van der Waals surface area contributed by atoms with E-state index in [0.717, 1.165) is 12.1 Å². The van der Waals surface area contributed by atoms with Crippen molar-refractivity contribution < 1.29 is 13.2 Å². The van der Waals surface area contributed by atoms with E-state index >= 15 is 0 Å². The summed E-state index contributed by atoms with van der Waals surface area (Å²) in [6.07, 6.45) is -4.32. The maximum Gasteiger partial charge on any atom is 0.416 e. The van der Waals surface area contributed by atoms with E-state index in [-0.39, 0.29) is 10.9 Å². The number of hydrogen-bond donors (Lipinski definition) is 0. The molecule has 0 fully saturated rings. The van der Waals surface area contributed by atoms with Gasteiger partial charge in [0, 0.05) is 5.02 Å². The topological polar surface area (TPSA) is 0 Å². The van der Waals surface area contributed by atoms with Crippen molar-refractivity contribution in [3.05, 3.63) is 34.3 Å². The van der Waals surface area contributed by atoms with Crippen molar-refractivity contribution >= 4 is 11.6 Å². The smallest absolute Gasteiger partial charge is 0.166 e. The molecular weight excluding hydrogens is 213 g/mol. The van der Waals surface area contributed by atoms with E-state index in [1.807, 2.05) is 13.8 Å². The van der Waals surface area contributed by atoms with Gasteiger partial charge in [-0.3, -0.25) is 0 Å². The van der Waals surface area contributed by atoms with Gasteiger partial charge in [-0.05, 0) is 29.7 Å². The van der Waals surface area contributed by atoms with E-state index in [4.69, 9.17) is 11.6 Å². The van der Waals surface area contributed by atoms with E-state index in [1.165, 1.54) is 0 Å². The number of rotatable bonds is 1. The van der Waals surface area contributed by atoms with E-state index in [1.54, 1.807) is 6.07 Å². The molecule has 0 spiro atoms. The van der Waals surface area contributed by atoms with Gasteiger partial charge in [0.1, 0.15) is 0 Å². The highest BCUT2D eigenvalue weighted by Gasteiger charge is 2.31. The average molecular weight is 223 g/mol. The second-order valence-corrected chi connectivity index (χ2v) is 3.86. The molecule has 0 radical (unpaired) electrons. The second kappa shape index (κ2) is 3.81. The first kappa shape index (κ1) is 11.4. The van der Waals surface area contributed by atoms with Crippen molar-refractivity contribution in [2.45, 2.75) is 25.9 Å². The lowest BCUT2D eigenvalue weighted by Gasteiger charge is -2.11. The van der Waals surface area contributed by atoms with Crippen LogP contribution in [0.15, 0.2) is 18.2 Å². The summed E-state index contributed by atoms with van der Waals surface area (Å²) in [7, 11) is 0. The standard InChI is InChI=1S/C10H10ClF3/c1-6(2)7-3-8(10(12,13)14)5-9(11)4-7/h3-6H,1-2H3. The van der Waals surface area contributed by atoms with Crippen molar-refractivity contribution in [1.29, 1.82) is 0 Å². The van der Waals surface area contributed by atoms with Gasteiger partial charge < -0.3 is 0 Å². The first-order valence-electron chi connectivity index (χ1n) is 4.18. The van der Waals surface area contributed by atoms with Crippen LogP contribution in [-0.2, 0) is 6.18 Å². The van der Waals surface area contributed by atoms with Gasteiger partial charge in [-0.25, -0.2) is 0 Å². The zero-order valence-corrected chi connectivity index (χ0v) is 8.58. The summed E-state index contributed by atoms with van der Waals surface area (Å²) in [5.41, 5.74) is -0.0847. The monoisotopic (exact) mass is 222 g/mol. The summed E-state index contributed by atoms with van der Waals surface area (Å²) in [6.45, 7) is 3.65. The molecule has 0 bridgehead atoms. The third-order valence-corrected chi connectivity index (χ3v) is 2.13. The fourth-order valence-electron chi connectivity index (χ4n) is 1.11. The van der Waals surface area contributed by atoms with E-state index in [2.05, 4.69) is 0 Å². The van der Waals surface area contributed by atoms with Gasteiger partial charge in [0.15, 0.2) is 0 Å². The summed E-state index contributed by atoms with van der Waals surface area (Å²) in [6, 6.07) is 3.63. The van der Waals surface area contributed by atoms with E-state index in [9.17, 15) is 13.2 Å². The lowest BCUT2D eigenvalue weighted by Crippen LogP contribution is -2.05. The fraction of sp³-hybridized carbons (Fsp3) is 0.400. The minimum atomic E-state index is -4.32. The van der Waals surface area contributed by atoms with Crippen LogP contribution in [0.2, 0.25) is 5.02 Å². The van der Waals surface area contributed by atoms with Crippen LogP contribution in [0.1, 0.15) is 30.9 Å². The third-order valence-electron chi connectivity index (χ3n) is 1.91. The van der Waals surface area contributed by atoms with Crippen LogP contribution in [0, 0.1) is 0 Å². The Bertz CT molecular complexity index is 329. The van der Waals surface area contributed by atoms with E-state index < -0.39 is 11.7 Å². The fourth-order valence-corrected chi connectivity index (χ4v) is 1.35. The van der Waals surface area contributed by atoms with E-state index in [0.29, 0.717) is 5.56 Å². The normalized spacial score (nSPS) is 12.2. The molecule has 0 aliphatic rings. The molecule has 0 saturated heterocycles. The van der Waals surface area contributed by atoms with Gasteiger partial charge >= 0.3 is 6.18 Å². The molecule has 0 aliphatic heterocycles. The van der Waals surface area contributed by atoms with Crippen LogP contribution in [0.5, 0.6) is 0 Å². The molecule has 1 aromatic carbocycles. The largest absolute Gasteiger partial charge is 0.416 e. The van der Waals surface area contributed by atoms with Crippen molar-refractivity contribution in [2.75, 3.05) is 0 Å². The highest BCUT2D eigenvalue weighted by atomic mass is 35.5. The van der Waals surface area contributed by atoms with Gasteiger partial charge in [-0.2, -0.15) is 13.2 Å². The number of halogens is 4. The van der Waals surface area contributed by atoms with Crippen LogP contribution in [0.3, 0.4) is 0 Å². The molecule has 0 nitrogen and oxygen atoms in total. The lowest BCUT2D eigenvalue weighted by atomic mass is 10.0. The molecule has 0 saturated carbocycles. The Hall–Kier alpha value is -0.700. The van der Waals surface area contributed by atoms with Gasteiger partial charge in [0.25, 0.3) is 0 Å². The molecule has 0 aromatic heterocycles. The maximum atomic E-state index is 12.4. The molecule has 0 atom stereocenters. The predicted octanol–water partition coefficient (Wildman–Crippen LogP) is 4.48. The zero-order chi connectivity index (χ0) is 10.9. The van der Waals surface area contributed by atoms with Gasteiger partial charge in [0.2, 0.25) is 0 Å². The Morgan fingerprint density at radius 3 is 2.14 bits per heavy atom.